The molecule has 6 nitrogen and oxygen atoms in total. The van der Waals surface area contributed by atoms with Gasteiger partial charge in [-0.05, 0) is 30.7 Å². The number of benzene rings is 1. The van der Waals surface area contributed by atoms with Crippen molar-refractivity contribution in [1.29, 1.82) is 0 Å². The van der Waals surface area contributed by atoms with Crippen LogP contribution in [0.25, 0.3) is 0 Å². The molecule has 2 amide bonds. The van der Waals surface area contributed by atoms with Crippen molar-refractivity contribution in [3.8, 4) is 0 Å². The van der Waals surface area contributed by atoms with Crippen molar-refractivity contribution < 1.29 is 9.59 Å². The third-order valence-electron chi connectivity index (χ3n) is 3.19. The van der Waals surface area contributed by atoms with Crippen molar-refractivity contribution in [2.24, 2.45) is 0 Å². The molecule has 0 unspecified atom stereocenters. The van der Waals surface area contributed by atoms with Gasteiger partial charge in [-0.15, -0.1) is 0 Å². The summed E-state index contributed by atoms with van der Waals surface area (Å²) in [4.78, 5) is 25.2. The zero-order valence-electron chi connectivity index (χ0n) is 11.4. The Hall–Kier alpha value is -2.08. The summed E-state index contributed by atoms with van der Waals surface area (Å²) in [6.07, 6.45) is 1.29. The van der Waals surface area contributed by atoms with Crippen LogP contribution in [0.4, 0.5) is 11.4 Å². The molecule has 0 aliphatic carbocycles. The predicted molar refractivity (Wildman–Crippen MR) is 78.2 cm³/mol. The highest BCUT2D eigenvalue weighted by atomic mass is 16.2. The van der Waals surface area contributed by atoms with E-state index in [2.05, 4.69) is 10.6 Å². The number of hydrogen-bond acceptors (Lipinski definition) is 4. The first-order valence-corrected chi connectivity index (χ1v) is 6.78. The quantitative estimate of drug-likeness (QED) is 0.696. The second kappa shape index (κ2) is 6.91. The molecule has 1 aliphatic heterocycles. The molecule has 4 N–H and O–H groups in total. The topological polar surface area (TPSA) is 87.5 Å². The standard InChI is InChI=1S/C14H20N4O2/c15-11-2-4-12(5-3-11)17-13(19)6-9-18-8-1-7-16-14(20)10-18/h2-5H,1,6-10,15H2,(H,16,20)(H,17,19). The van der Waals surface area contributed by atoms with Gasteiger partial charge in [0.1, 0.15) is 0 Å². The highest BCUT2D eigenvalue weighted by Gasteiger charge is 2.15. The molecule has 0 saturated carbocycles. The van der Waals surface area contributed by atoms with Crippen LogP contribution < -0.4 is 16.4 Å². The molecule has 0 spiro atoms. The van der Waals surface area contributed by atoms with Crippen LogP contribution in [0.3, 0.4) is 0 Å². The fourth-order valence-corrected chi connectivity index (χ4v) is 2.11. The van der Waals surface area contributed by atoms with Crippen LogP contribution in [0.15, 0.2) is 24.3 Å². The van der Waals surface area contributed by atoms with Gasteiger partial charge in [0.2, 0.25) is 11.8 Å². The SMILES string of the molecule is Nc1ccc(NC(=O)CCN2CCCNC(=O)C2)cc1. The predicted octanol–water partition coefficient (Wildman–Crippen LogP) is 0.419. The first-order chi connectivity index (χ1) is 9.63. The van der Waals surface area contributed by atoms with E-state index >= 15 is 0 Å². The third-order valence-corrected chi connectivity index (χ3v) is 3.19. The molecule has 1 aromatic carbocycles. The molecule has 2 rings (SSSR count). The van der Waals surface area contributed by atoms with E-state index in [0.29, 0.717) is 31.7 Å². The van der Waals surface area contributed by atoms with E-state index in [1.807, 2.05) is 4.90 Å². The van der Waals surface area contributed by atoms with Crippen molar-refractivity contribution in [3.63, 3.8) is 0 Å². The van der Waals surface area contributed by atoms with Gasteiger partial charge in [-0.3, -0.25) is 14.5 Å². The van der Waals surface area contributed by atoms with Gasteiger partial charge in [-0.1, -0.05) is 0 Å². The minimum Gasteiger partial charge on any atom is -0.399 e. The van der Waals surface area contributed by atoms with Crippen LogP contribution in [-0.2, 0) is 9.59 Å². The van der Waals surface area contributed by atoms with E-state index in [1.165, 1.54) is 0 Å². The molecule has 0 atom stereocenters. The van der Waals surface area contributed by atoms with Gasteiger partial charge in [0.25, 0.3) is 0 Å². The molecular formula is C14H20N4O2. The lowest BCUT2D eigenvalue weighted by Gasteiger charge is -2.17. The van der Waals surface area contributed by atoms with E-state index in [4.69, 9.17) is 5.73 Å². The van der Waals surface area contributed by atoms with Gasteiger partial charge in [0.05, 0.1) is 6.54 Å². The second-order valence-corrected chi connectivity index (χ2v) is 4.90. The van der Waals surface area contributed by atoms with Gasteiger partial charge in [0, 0.05) is 37.4 Å². The molecule has 1 heterocycles. The van der Waals surface area contributed by atoms with Crippen molar-refractivity contribution in [1.82, 2.24) is 10.2 Å². The Morgan fingerprint density at radius 3 is 2.85 bits per heavy atom. The van der Waals surface area contributed by atoms with Gasteiger partial charge in [-0.2, -0.15) is 0 Å². The van der Waals surface area contributed by atoms with Gasteiger partial charge in [0.15, 0.2) is 0 Å². The molecule has 0 radical (unpaired) electrons. The Labute approximate surface area is 118 Å². The lowest BCUT2D eigenvalue weighted by molar-refractivity contribution is -0.122. The van der Waals surface area contributed by atoms with Crippen LogP contribution in [0.5, 0.6) is 0 Å². The Morgan fingerprint density at radius 2 is 2.10 bits per heavy atom. The maximum Gasteiger partial charge on any atom is 0.234 e. The van der Waals surface area contributed by atoms with Crippen molar-refractivity contribution in [2.45, 2.75) is 12.8 Å². The van der Waals surface area contributed by atoms with E-state index in [1.54, 1.807) is 24.3 Å². The molecule has 0 aromatic heterocycles. The number of nitrogens with one attached hydrogen (secondary N) is 2. The Morgan fingerprint density at radius 1 is 1.35 bits per heavy atom. The number of carbonyl (C=O) groups excluding carboxylic acids is 2. The Bertz CT molecular complexity index is 473. The summed E-state index contributed by atoms with van der Waals surface area (Å²) in [5.41, 5.74) is 6.98. The highest BCUT2D eigenvalue weighted by Crippen LogP contribution is 2.10. The largest absolute Gasteiger partial charge is 0.399 e. The van der Waals surface area contributed by atoms with Crippen LogP contribution in [-0.4, -0.2) is 42.9 Å². The van der Waals surface area contributed by atoms with Crippen LogP contribution in [0.1, 0.15) is 12.8 Å². The second-order valence-electron chi connectivity index (χ2n) is 4.90. The fraction of sp³-hybridized carbons (Fsp3) is 0.429. The number of anilines is 2. The minimum atomic E-state index is -0.0561. The smallest absolute Gasteiger partial charge is 0.234 e. The number of nitrogens with zero attached hydrogens (tertiary/aromatic N) is 1. The zero-order valence-corrected chi connectivity index (χ0v) is 11.4. The monoisotopic (exact) mass is 276 g/mol. The van der Waals surface area contributed by atoms with Crippen LogP contribution in [0, 0.1) is 0 Å². The Kier molecular flexibility index (Phi) is 4.95. The zero-order chi connectivity index (χ0) is 14.4. The third kappa shape index (κ3) is 4.55. The number of nitrogen functional groups attached to an aromatic ring is 1. The number of rotatable bonds is 4. The lowest BCUT2D eigenvalue weighted by Crippen LogP contribution is -2.34. The van der Waals surface area contributed by atoms with Crippen LogP contribution in [0.2, 0.25) is 0 Å². The summed E-state index contributed by atoms with van der Waals surface area (Å²) in [6.45, 7) is 2.52. The molecule has 0 bridgehead atoms. The number of nitrogens with two attached hydrogens (primary N) is 1. The molecule has 108 valence electrons. The summed E-state index contributed by atoms with van der Waals surface area (Å²) in [7, 11) is 0. The fourth-order valence-electron chi connectivity index (χ4n) is 2.11. The summed E-state index contributed by atoms with van der Waals surface area (Å²) < 4.78 is 0. The number of carbonyl (C=O) groups is 2. The van der Waals surface area contributed by atoms with E-state index in [0.717, 1.165) is 18.7 Å². The molecule has 20 heavy (non-hydrogen) atoms. The maximum atomic E-state index is 11.8. The van der Waals surface area contributed by atoms with E-state index < -0.39 is 0 Å². The Balaban J connectivity index is 1.76. The molecular weight excluding hydrogens is 256 g/mol. The van der Waals surface area contributed by atoms with Crippen molar-refractivity contribution >= 4 is 23.2 Å². The van der Waals surface area contributed by atoms with Gasteiger partial charge < -0.3 is 16.4 Å². The summed E-state index contributed by atoms with van der Waals surface area (Å²) in [6, 6.07) is 7.03. The lowest BCUT2D eigenvalue weighted by atomic mass is 10.2. The first kappa shape index (κ1) is 14.3. The molecule has 1 saturated heterocycles. The summed E-state index contributed by atoms with van der Waals surface area (Å²) >= 11 is 0. The molecule has 6 heteroatoms. The normalized spacial score (nSPS) is 16.3. The van der Waals surface area contributed by atoms with Gasteiger partial charge in [-0.25, -0.2) is 0 Å². The molecule has 1 fully saturated rings. The van der Waals surface area contributed by atoms with Crippen molar-refractivity contribution in [2.75, 3.05) is 37.2 Å². The average Bonchev–Trinajstić information content (AvgIpc) is 2.63. The maximum absolute atomic E-state index is 11.8. The van der Waals surface area contributed by atoms with Crippen molar-refractivity contribution in [3.05, 3.63) is 24.3 Å². The average molecular weight is 276 g/mol. The molecule has 1 aliphatic rings. The van der Waals surface area contributed by atoms with Crippen LogP contribution >= 0.6 is 0 Å². The summed E-state index contributed by atoms with van der Waals surface area (Å²) in [5, 5.41) is 5.63. The number of amides is 2. The van der Waals surface area contributed by atoms with Gasteiger partial charge >= 0.3 is 0 Å². The summed E-state index contributed by atoms with van der Waals surface area (Å²) in [5.74, 6) is -0.0270. The minimum absolute atomic E-state index is 0.0291. The van der Waals surface area contributed by atoms with E-state index in [9.17, 15) is 9.59 Å². The molecule has 1 aromatic rings. The highest BCUT2D eigenvalue weighted by molar-refractivity contribution is 5.91. The van der Waals surface area contributed by atoms with E-state index in [-0.39, 0.29) is 11.8 Å². The number of hydrogen-bond donors (Lipinski definition) is 3. The first-order valence-electron chi connectivity index (χ1n) is 6.78.